The van der Waals surface area contributed by atoms with Crippen LogP contribution in [0.15, 0.2) is 29.4 Å². The highest BCUT2D eigenvalue weighted by Crippen LogP contribution is 2.37. The fourth-order valence-corrected chi connectivity index (χ4v) is 3.38. The van der Waals surface area contributed by atoms with Gasteiger partial charge >= 0.3 is 0 Å². The van der Waals surface area contributed by atoms with Crippen LogP contribution < -0.4 is 10.2 Å². The average molecular weight is 346 g/mol. The Balaban J connectivity index is 1.86. The van der Waals surface area contributed by atoms with Gasteiger partial charge in [-0.1, -0.05) is 23.9 Å². The van der Waals surface area contributed by atoms with Crippen LogP contribution in [0.5, 0.6) is 0 Å². The summed E-state index contributed by atoms with van der Waals surface area (Å²) in [7, 11) is 0. The predicted octanol–water partition coefficient (Wildman–Crippen LogP) is 1.55. The zero-order chi connectivity index (χ0) is 17.3. The molecule has 2 heterocycles. The standard InChI is InChI=1S/C15H18N6O2S/c1-4-20-14(17-18-19-20)24-9-12(22)21-11-8-6-5-7-10(11)16-13(23)15(21,2)3/h5-8H,4,9H2,1-3H3,(H,16,23). The zero-order valence-corrected chi connectivity index (χ0v) is 14.5. The zero-order valence-electron chi connectivity index (χ0n) is 13.7. The number of para-hydroxylation sites is 2. The van der Waals surface area contributed by atoms with E-state index in [9.17, 15) is 9.59 Å². The molecule has 0 saturated carbocycles. The van der Waals surface area contributed by atoms with E-state index >= 15 is 0 Å². The number of anilines is 2. The topological polar surface area (TPSA) is 93.0 Å². The second-order valence-corrected chi connectivity index (χ2v) is 6.77. The van der Waals surface area contributed by atoms with Gasteiger partial charge in [0.1, 0.15) is 5.54 Å². The van der Waals surface area contributed by atoms with E-state index in [2.05, 4.69) is 20.8 Å². The molecular formula is C15H18N6O2S. The molecule has 9 heteroatoms. The van der Waals surface area contributed by atoms with E-state index in [0.29, 0.717) is 23.1 Å². The van der Waals surface area contributed by atoms with Crippen molar-refractivity contribution in [3.63, 3.8) is 0 Å². The molecule has 8 nitrogen and oxygen atoms in total. The van der Waals surface area contributed by atoms with Gasteiger partial charge in [-0.25, -0.2) is 4.68 Å². The first-order valence-electron chi connectivity index (χ1n) is 7.57. The van der Waals surface area contributed by atoms with Crippen LogP contribution in [0.25, 0.3) is 0 Å². The van der Waals surface area contributed by atoms with Crippen LogP contribution in [-0.4, -0.2) is 43.3 Å². The number of hydrogen-bond donors (Lipinski definition) is 1. The van der Waals surface area contributed by atoms with E-state index in [1.54, 1.807) is 29.5 Å². The maximum atomic E-state index is 12.9. The summed E-state index contributed by atoms with van der Waals surface area (Å²) < 4.78 is 1.62. The summed E-state index contributed by atoms with van der Waals surface area (Å²) in [5, 5.41) is 14.8. The van der Waals surface area contributed by atoms with Crippen LogP contribution >= 0.6 is 11.8 Å². The minimum atomic E-state index is -0.970. The van der Waals surface area contributed by atoms with E-state index in [-0.39, 0.29) is 17.6 Å². The Hall–Kier alpha value is -2.42. The molecule has 2 amide bonds. The summed E-state index contributed by atoms with van der Waals surface area (Å²) in [6.45, 7) is 6.02. The van der Waals surface area contributed by atoms with Crippen LogP contribution in [0.2, 0.25) is 0 Å². The Morgan fingerprint density at radius 2 is 2.08 bits per heavy atom. The Morgan fingerprint density at radius 3 is 2.83 bits per heavy atom. The average Bonchev–Trinajstić information content (AvgIpc) is 3.01. The first kappa shape index (κ1) is 16.4. The number of tetrazole rings is 1. The van der Waals surface area contributed by atoms with E-state index in [1.807, 2.05) is 25.1 Å². The molecule has 1 N–H and O–H groups in total. The molecule has 0 aliphatic carbocycles. The Morgan fingerprint density at radius 1 is 1.33 bits per heavy atom. The first-order valence-corrected chi connectivity index (χ1v) is 8.56. The smallest absolute Gasteiger partial charge is 0.250 e. The van der Waals surface area contributed by atoms with Gasteiger partial charge in [-0.15, -0.1) is 5.10 Å². The van der Waals surface area contributed by atoms with Crippen molar-refractivity contribution >= 4 is 35.0 Å². The number of benzene rings is 1. The molecule has 24 heavy (non-hydrogen) atoms. The molecule has 0 fully saturated rings. The minimum absolute atomic E-state index is 0.144. The quantitative estimate of drug-likeness (QED) is 0.844. The van der Waals surface area contributed by atoms with Crippen LogP contribution in [0, 0.1) is 0 Å². The van der Waals surface area contributed by atoms with Crippen molar-refractivity contribution in [2.45, 2.75) is 38.0 Å². The number of aryl methyl sites for hydroxylation is 1. The number of nitrogens with zero attached hydrogens (tertiary/aromatic N) is 5. The van der Waals surface area contributed by atoms with Crippen molar-refractivity contribution in [1.29, 1.82) is 0 Å². The lowest BCUT2D eigenvalue weighted by Crippen LogP contribution is -2.59. The summed E-state index contributed by atoms with van der Waals surface area (Å²) in [6, 6.07) is 7.28. The molecule has 1 aliphatic rings. The highest BCUT2D eigenvalue weighted by atomic mass is 32.2. The molecule has 0 bridgehead atoms. The molecule has 126 valence electrons. The van der Waals surface area contributed by atoms with Crippen molar-refractivity contribution in [3.8, 4) is 0 Å². The van der Waals surface area contributed by atoms with Crippen molar-refractivity contribution in [3.05, 3.63) is 24.3 Å². The highest BCUT2D eigenvalue weighted by molar-refractivity contribution is 7.99. The molecule has 0 saturated heterocycles. The molecule has 1 aliphatic heterocycles. The van der Waals surface area contributed by atoms with Gasteiger partial charge in [0, 0.05) is 6.54 Å². The van der Waals surface area contributed by atoms with E-state index in [4.69, 9.17) is 0 Å². The molecule has 1 aromatic carbocycles. The molecule has 0 atom stereocenters. The molecule has 0 unspecified atom stereocenters. The second kappa shape index (κ2) is 6.23. The van der Waals surface area contributed by atoms with Crippen molar-refractivity contribution in [2.24, 2.45) is 0 Å². The van der Waals surface area contributed by atoms with Gasteiger partial charge in [-0.05, 0) is 43.3 Å². The fraction of sp³-hybridized carbons (Fsp3) is 0.400. The van der Waals surface area contributed by atoms with Gasteiger partial charge in [0.2, 0.25) is 17.0 Å². The van der Waals surface area contributed by atoms with Gasteiger partial charge in [0.25, 0.3) is 0 Å². The lowest BCUT2D eigenvalue weighted by Gasteiger charge is -2.42. The lowest BCUT2D eigenvalue weighted by atomic mass is 9.96. The third-order valence-corrected chi connectivity index (χ3v) is 4.82. The Labute approximate surface area is 143 Å². The number of rotatable bonds is 4. The van der Waals surface area contributed by atoms with Gasteiger partial charge in [0.05, 0.1) is 17.1 Å². The highest BCUT2D eigenvalue weighted by Gasteiger charge is 2.43. The predicted molar refractivity (Wildman–Crippen MR) is 90.9 cm³/mol. The van der Waals surface area contributed by atoms with E-state index in [1.165, 1.54) is 11.8 Å². The number of thioether (sulfide) groups is 1. The van der Waals surface area contributed by atoms with Crippen molar-refractivity contribution in [1.82, 2.24) is 20.2 Å². The molecule has 3 rings (SSSR count). The summed E-state index contributed by atoms with van der Waals surface area (Å²) in [4.78, 5) is 26.8. The summed E-state index contributed by atoms with van der Waals surface area (Å²) >= 11 is 1.26. The fourth-order valence-electron chi connectivity index (χ4n) is 2.59. The minimum Gasteiger partial charge on any atom is -0.322 e. The number of carbonyl (C=O) groups excluding carboxylic acids is 2. The number of carbonyl (C=O) groups is 2. The maximum absolute atomic E-state index is 12.9. The van der Waals surface area contributed by atoms with Crippen molar-refractivity contribution in [2.75, 3.05) is 16.0 Å². The Kier molecular flexibility index (Phi) is 4.27. The largest absolute Gasteiger partial charge is 0.322 e. The van der Waals surface area contributed by atoms with Gasteiger partial charge in [-0.3, -0.25) is 14.5 Å². The van der Waals surface area contributed by atoms with Gasteiger partial charge in [0.15, 0.2) is 0 Å². The molecule has 2 aromatic rings. The summed E-state index contributed by atoms with van der Waals surface area (Å²) in [5.74, 6) is -0.235. The first-order chi connectivity index (χ1) is 11.4. The number of aromatic nitrogens is 4. The van der Waals surface area contributed by atoms with E-state index < -0.39 is 5.54 Å². The number of fused-ring (bicyclic) bond motifs is 1. The number of amides is 2. The SMILES string of the molecule is CCn1nnnc1SCC(=O)N1c2ccccc2NC(=O)C1(C)C. The number of hydrogen-bond acceptors (Lipinski definition) is 6. The van der Waals surface area contributed by atoms with Gasteiger partial charge in [-0.2, -0.15) is 0 Å². The molecular weight excluding hydrogens is 328 g/mol. The van der Waals surface area contributed by atoms with Gasteiger partial charge < -0.3 is 5.32 Å². The lowest BCUT2D eigenvalue weighted by molar-refractivity contribution is -0.125. The molecule has 0 radical (unpaired) electrons. The summed E-state index contributed by atoms with van der Waals surface area (Å²) in [6.07, 6.45) is 0. The van der Waals surface area contributed by atoms with Crippen molar-refractivity contribution < 1.29 is 9.59 Å². The molecule has 1 aromatic heterocycles. The van der Waals surface area contributed by atoms with Crippen LogP contribution in [0.1, 0.15) is 20.8 Å². The second-order valence-electron chi connectivity index (χ2n) is 5.83. The third-order valence-electron chi connectivity index (χ3n) is 3.88. The monoisotopic (exact) mass is 346 g/mol. The summed E-state index contributed by atoms with van der Waals surface area (Å²) in [5.41, 5.74) is 0.365. The van der Waals surface area contributed by atoms with Crippen LogP contribution in [0.3, 0.4) is 0 Å². The third kappa shape index (κ3) is 2.75. The normalized spacial score (nSPS) is 15.8. The van der Waals surface area contributed by atoms with Crippen LogP contribution in [-0.2, 0) is 16.1 Å². The van der Waals surface area contributed by atoms with E-state index in [0.717, 1.165) is 0 Å². The number of nitrogens with one attached hydrogen (secondary N) is 1. The maximum Gasteiger partial charge on any atom is 0.250 e. The van der Waals surface area contributed by atoms with Crippen LogP contribution in [0.4, 0.5) is 11.4 Å². The molecule has 0 spiro atoms. The Bertz CT molecular complexity index is 788.